The summed E-state index contributed by atoms with van der Waals surface area (Å²) in [4.78, 5) is 0.155. The fourth-order valence-electron chi connectivity index (χ4n) is 3.40. The highest BCUT2D eigenvalue weighted by Crippen LogP contribution is 2.33. The molecule has 0 bridgehead atoms. The lowest BCUT2D eigenvalue weighted by molar-refractivity contribution is -0.00446. The number of nitrogens with one attached hydrogen (secondary N) is 1. The number of rotatable bonds is 4. The molecule has 1 saturated heterocycles. The quantitative estimate of drug-likeness (QED) is 0.851. The Balaban J connectivity index is 1.57. The molecule has 1 aromatic heterocycles. The lowest BCUT2D eigenvalue weighted by atomic mass is 9.99. The Labute approximate surface area is 158 Å². The predicted molar refractivity (Wildman–Crippen MR) is 97.3 cm³/mol. The molecule has 0 radical (unpaired) electrons. The number of aromatic nitrogens is 2. The first-order chi connectivity index (χ1) is 13.0. The molecule has 4 rings (SSSR count). The lowest BCUT2D eigenvalue weighted by Crippen LogP contribution is -2.42. The minimum Gasteiger partial charge on any atom is -0.490 e. The van der Waals surface area contributed by atoms with Crippen LogP contribution in [0.3, 0.4) is 0 Å². The lowest BCUT2D eigenvalue weighted by Gasteiger charge is -2.31. The van der Waals surface area contributed by atoms with Gasteiger partial charge < -0.3 is 14.2 Å². The first-order valence-electron chi connectivity index (χ1n) is 9.05. The molecule has 0 aliphatic carbocycles. The Morgan fingerprint density at radius 1 is 1.15 bits per heavy atom. The van der Waals surface area contributed by atoms with Gasteiger partial charge in [0.2, 0.25) is 10.0 Å². The first-order valence-corrected chi connectivity index (χ1v) is 10.5. The SMILES string of the molecule is Cn1cc([C@H]2OCCC[C@@H]2NS(=O)(=O)c2ccc3c(c2)OCCCO3)cn1. The van der Waals surface area contributed by atoms with Crippen LogP contribution >= 0.6 is 0 Å². The second-order valence-electron chi connectivity index (χ2n) is 6.77. The van der Waals surface area contributed by atoms with Crippen molar-refractivity contribution in [2.45, 2.75) is 36.3 Å². The van der Waals surface area contributed by atoms with Gasteiger partial charge in [-0.2, -0.15) is 5.10 Å². The molecule has 2 aliphatic rings. The van der Waals surface area contributed by atoms with E-state index in [4.69, 9.17) is 14.2 Å². The van der Waals surface area contributed by atoms with Crippen LogP contribution in [0, 0.1) is 0 Å². The van der Waals surface area contributed by atoms with Crippen molar-refractivity contribution >= 4 is 10.0 Å². The smallest absolute Gasteiger partial charge is 0.241 e. The molecular formula is C18H23N3O5S. The zero-order valence-corrected chi connectivity index (χ0v) is 15.9. The fourth-order valence-corrected chi connectivity index (χ4v) is 4.68. The number of benzene rings is 1. The number of hydrogen-bond acceptors (Lipinski definition) is 6. The van der Waals surface area contributed by atoms with Gasteiger partial charge >= 0.3 is 0 Å². The normalized spacial score (nSPS) is 23.0. The van der Waals surface area contributed by atoms with Gasteiger partial charge in [-0.1, -0.05) is 0 Å². The molecule has 27 heavy (non-hydrogen) atoms. The van der Waals surface area contributed by atoms with E-state index in [1.54, 1.807) is 23.0 Å². The van der Waals surface area contributed by atoms with E-state index in [0.717, 1.165) is 18.4 Å². The number of fused-ring (bicyclic) bond motifs is 1. The van der Waals surface area contributed by atoms with Gasteiger partial charge in [-0.15, -0.1) is 0 Å². The molecule has 146 valence electrons. The summed E-state index contributed by atoms with van der Waals surface area (Å²) in [6, 6.07) is 4.35. The molecule has 1 aromatic carbocycles. The van der Waals surface area contributed by atoms with Crippen molar-refractivity contribution < 1.29 is 22.6 Å². The van der Waals surface area contributed by atoms with Crippen LogP contribution in [-0.4, -0.2) is 44.1 Å². The van der Waals surface area contributed by atoms with E-state index in [1.807, 2.05) is 13.2 Å². The highest BCUT2D eigenvalue weighted by Gasteiger charge is 2.32. The number of sulfonamides is 1. The van der Waals surface area contributed by atoms with Crippen molar-refractivity contribution in [2.75, 3.05) is 19.8 Å². The number of ether oxygens (including phenoxy) is 3. The number of aryl methyl sites for hydroxylation is 1. The molecule has 0 amide bonds. The summed E-state index contributed by atoms with van der Waals surface area (Å²) in [6.45, 7) is 1.66. The minimum atomic E-state index is -3.73. The van der Waals surface area contributed by atoms with Crippen LogP contribution in [0.4, 0.5) is 0 Å². The van der Waals surface area contributed by atoms with E-state index >= 15 is 0 Å². The summed E-state index contributed by atoms with van der Waals surface area (Å²) >= 11 is 0. The topological polar surface area (TPSA) is 91.7 Å². The van der Waals surface area contributed by atoms with Crippen molar-refractivity contribution in [1.82, 2.24) is 14.5 Å². The van der Waals surface area contributed by atoms with E-state index in [2.05, 4.69) is 9.82 Å². The van der Waals surface area contributed by atoms with Gasteiger partial charge in [-0.3, -0.25) is 4.68 Å². The van der Waals surface area contributed by atoms with Crippen LogP contribution in [-0.2, 0) is 21.8 Å². The summed E-state index contributed by atoms with van der Waals surface area (Å²) in [6.07, 6.45) is 5.47. The van der Waals surface area contributed by atoms with Gasteiger partial charge in [0.25, 0.3) is 0 Å². The third kappa shape index (κ3) is 3.95. The molecule has 0 spiro atoms. The maximum Gasteiger partial charge on any atom is 0.241 e. The highest BCUT2D eigenvalue weighted by molar-refractivity contribution is 7.89. The van der Waals surface area contributed by atoms with Crippen LogP contribution in [0.15, 0.2) is 35.5 Å². The van der Waals surface area contributed by atoms with Crippen molar-refractivity contribution in [3.05, 3.63) is 36.2 Å². The second kappa shape index (κ2) is 7.49. The first kappa shape index (κ1) is 18.3. The average molecular weight is 393 g/mol. The molecule has 0 unspecified atom stereocenters. The molecule has 2 aliphatic heterocycles. The monoisotopic (exact) mass is 393 g/mol. The largest absolute Gasteiger partial charge is 0.490 e. The Morgan fingerprint density at radius 2 is 1.96 bits per heavy atom. The second-order valence-corrected chi connectivity index (χ2v) is 8.48. The maximum atomic E-state index is 13.0. The Morgan fingerprint density at radius 3 is 2.74 bits per heavy atom. The van der Waals surface area contributed by atoms with Crippen LogP contribution in [0.25, 0.3) is 0 Å². The van der Waals surface area contributed by atoms with Crippen LogP contribution < -0.4 is 14.2 Å². The van der Waals surface area contributed by atoms with E-state index in [0.29, 0.717) is 37.7 Å². The van der Waals surface area contributed by atoms with Gasteiger partial charge in [-0.05, 0) is 25.0 Å². The molecule has 3 heterocycles. The minimum absolute atomic E-state index is 0.155. The fraction of sp³-hybridized carbons (Fsp3) is 0.500. The van der Waals surface area contributed by atoms with Crippen molar-refractivity contribution in [2.24, 2.45) is 7.05 Å². The van der Waals surface area contributed by atoms with Crippen LogP contribution in [0.5, 0.6) is 11.5 Å². The molecule has 9 heteroatoms. The Bertz CT molecular complexity index is 911. The molecular weight excluding hydrogens is 370 g/mol. The summed E-state index contributed by atoms with van der Waals surface area (Å²) in [7, 11) is -1.91. The zero-order chi connectivity index (χ0) is 18.9. The van der Waals surface area contributed by atoms with Gasteiger partial charge in [0.15, 0.2) is 11.5 Å². The number of nitrogens with zero attached hydrogens (tertiary/aromatic N) is 2. The van der Waals surface area contributed by atoms with E-state index < -0.39 is 10.0 Å². The highest BCUT2D eigenvalue weighted by atomic mass is 32.2. The Kier molecular flexibility index (Phi) is 5.07. The molecule has 2 atom stereocenters. The molecule has 2 aromatic rings. The Hall–Kier alpha value is -2.10. The standard InChI is InChI=1S/C18H23N3O5S/c1-21-12-13(11-19-21)18-15(4-2-7-26-18)20-27(22,23)14-5-6-16-17(10-14)25-9-3-8-24-16/h5-6,10-12,15,18,20H,2-4,7-9H2,1H3/t15-,18+/m0/s1. The molecule has 8 nitrogen and oxygen atoms in total. The average Bonchev–Trinajstić information content (AvgIpc) is 2.94. The molecule has 1 N–H and O–H groups in total. The third-order valence-electron chi connectivity index (χ3n) is 4.71. The van der Waals surface area contributed by atoms with Gasteiger partial charge in [0.05, 0.1) is 30.3 Å². The van der Waals surface area contributed by atoms with Crippen LogP contribution in [0.1, 0.15) is 30.9 Å². The molecule has 0 saturated carbocycles. The van der Waals surface area contributed by atoms with Gasteiger partial charge in [0.1, 0.15) is 6.10 Å². The molecule has 1 fully saturated rings. The van der Waals surface area contributed by atoms with Crippen molar-refractivity contribution in [3.63, 3.8) is 0 Å². The summed E-state index contributed by atoms with van der Waals surface area (Å²) < 4.78 is 47.5. The van der Waals surface area contributed by atoms with Gasteiger partial charge in [0, 0.05) is 37.9 Å². The number of hydrogen-bond donors (Lipinski definition) is 1. The maximum absolute atomic E-state index is 13.0. The van der Waals surface area contributed by atoms with Crippen LogP contribution in [0.2, 0.25) is 0 Å². The van der Waals surface area contributed by atoms with Gasteiger partial charge in [-0.25, -0.2) is 13.1 Å². The summed E-state index contributed by atoms with van der Waals surface area (Å²) in [5.41, 5.74) is 0.864. The van der Waals surface area contributed by atoms with Crippen molar-refractivity contribution in [3.8, 4) is 11.5 Å². The van der Waals surface area contributed by atoms with E-state index in [-0.39, 0.29) is 17.0 Å². The predicted octanol–water partition coefficient (Wildman–Crippen LogP) is 1.78. The zero-order valence-electron chi connectivity index (χ0n) is 15.1. The van der Waals surface area contributed by atoms with E-state index in [9.17, 15) is 8.42 Å². The third-order valence-corrected chi connectivity index (χ3v) is 6.20. The summed E-state index contributed by atoms with van der Waals surface area (Å²) in [5, 5.41) is 4.17. The van der Waals surface area contributed by atoms with Crippen molar-refractivity contribution in [1.29, 1.82) is 0 Å². The van der Waals surface area contributed by atoms with E-state index in [1.165, 1.54) is 6.07 Å². The summed E-state index contributed by atoms with van der Waals surface area (Å²) in [5.74, 6) is 1.03.